The van der Waals surface area contributed by atoms with E-state index in [-0.39, 0.29) is 0 Å². The molecule has 1 N–H and O–H groups in total. The fraction of sp³-hybridized carbons (Fsp3) is 1.00. The SMILES string of the molecule is CC(CCN(C)C1CCCC1)N1CCNCC1. The van der Waals surface area contributed by atoms with Gasteiger partial charge in [-0.1, -0.05) is 12.8 Å². The Hall–Kier alpha value is -0.120. The van der Waals surface area contributed by atoms with Gasteiger partial charge in [0.2, 0.25) is 0 Å². The molecule has 1 saturated heterocycles. The van der Waals surface area contributed by atoms with Gasteiger partial charge in [-0.2, -0.15) is 0 Å². The summed E-state index contributed by atoms with van der Waals surface area (Å²) in [6.45, 7) is 8.47. The smallest absolute Gasteiger partial charge is 0.0110 e. The Balaban J connectivity index is 1.65. The average Bonchev–Trinajstić information content (AvgIpc) is 2.90. The van der Waals surface area contributed by atoms with Gasteiger partial charge in [0.05, 0.1) is 0 Å². The van der Waals surface area contributed by atoms with Gasteiger partial charge in [0.1, 0.15) is 0 Å². The monoisotopic (exact) mass is 239 g/mol. The Morgan fingerprint density at radius 3 is 2.53 bits per heavy atom. The molecular weight excluding hydrogens is 210 g/mol. The van der Waals surface area contributed by atoms with Crippen molar-refractivity contribution in [3.63, 3.8) is 0 Å². The zero-order chi connectivity index (χ0) is 12.1. The number of piperazine rings is 1. The fourth-order valence-corrected chi connectivity index (χ4v) is 3.22. The third kappa shape index (κ3) is 3.94. The number of hydrogen-bond donors (Lipinski definition) is 1. The van der Waals surface area contributed by atoms with E-state index in [4.69, 9.17) is 0 Å². The van der Waals surface area contributed by atoms with Crippen molar-refractivity contribution in [3.05, 3.63) is 0 Å². The molecule has 3 nitrogen and oxygen atoms in total. The summed E-state index contributed by atoms with van der Waals surface area (Å²) in [7, 11) is 2.32. The maximum absolute atomic E-state index is 3.43. The number of hydrogen-bond acceptors (Lipinski definition) is 3. The van der Waals surface area contributed by atoms with E-state index in [0.29, 0.717) is 0 Å². The van der Waals surface area contributed by atoms with E-state index in [0.717, 1.165) is 12.1 Å². The lowest BCUT2D eigenvalue weighted by atomic mass is 10.1. The molecule has 0 aromatic heterocycles. The highest BCUT2D eigenvalue weighted by Gasteiger charge is 2.21. The lowest BCUT2D eigenvalue weighted by Gasteiger charge is -2.34. The van der Waals surface area contributed by atoms with Gasteiger partial charge in [-0.25, -0.2) is 0 Å². The van der Waals surface area contributed by atoms with Crippen molar-refractivity contribution in [1.29, 1.82) is 0 Å². The minimum Gasteiger partial charge on any atom is -0.314 e. The third-order valence-corrected chi connectivity index (χ3v) is 4.62. The molecule has 1 unspecified atom stereocenters. The van der Waals surface area contributed by atoms with Crippen LogP contribution in [0.25, 0.3) is 0 Å². The highest BCUT2D eigenvalue weighted by atomic mass is 15.2. The second-order valence-corrected chi connectivity index (χ2v) is 5.84. The van der Waals surface area contributed by atoms with Crippen molar-refractivity contribution in [2.45, 2.75) is 51.1 Å². The predicted octanol–water partition coefficient (Wildman–Crippen LogP) is 1.54. The van der Waals surface area contributed by atoms with Gasteiger partial charge >= 0.3 is 0 Å². The van der Waals surface area contributed by atoms with E-state index in [9.17, 15) is 0 Å². The highest BCUT2D eigenvalue weighted by Crippen LogP contribution is 2.22. The third-order valence-electron chi connectivity index (χ3n) is 4.62. The summed E-state index contributed by atoms with van der Waals surface area (Å²) in [6.07, 6.45) is 7.08. The zero-order valence-electron chi connectivity index (χ0n) is 11.6. The molecule has 1 aliphatic carbocycles. The summed E-state index contributed by atoms with van der Waals surface area (Å²) >= 11 is 0. The van der Waals surface area contributed by atoms with Crippen LogP contribution in [0.2, 0.25) is 0 Å². The van der Waals surface area contributed by atoms with E-state index in [2.05, 4.69) is 29.1 Å². The number of nitrogens with zero attached hydrogens (tertiary/aromatic N) is 2. The lowest BCUT2D eigenvalue weighted by molar-refractivity contribution is 0.152. The van der Waals surface area contributed by atoms with Gasteiger partial charge in [0.25, 0.3) is 0 Å². The number of nitrogens with one attached hydrogen (secondary N) is 1. The predicted molar refractivity (Wildman–Crippen MR) is 73.4 cm³/mol. The minimum absolute atomic E-state index is 0.751. The zero-order valence-corrected chi connectivity index (χ0v) is 11.6. The molecular formula is C14H29N3. The molecule has 0 radical (unpaired) electrons. The van der Waals surface area contributed by atoms with E-state index >= 15 is 0 Å². The average molecular weight is 239 g/mol. The van der Waals surface area contributed by atoms with Crippen molar-refractivity contribution < 1.29 is 0 Å². The van der Waals surface area contributed by atoms with Crippen molar-refractivity contribution in [1.82, 2.24) is 15.1 Å². The van der Waals surface area contributed by atoms with E-state index in [1.165, 1.54) is 64.8 Å². The molecule has 0 spiro atoms. The summed E-state index contributed by atoms with van der Waals surface area (Å²) in [5.74, 6) is 0. The maximum Gasteiger partial charge on any atom is 0.0110 e. The molecule has 1 aliphatic heterocycles. The Kier molecular flexibility index (Phi) is 5.26. The standard InChI is InChI=1S/C14H29N3/c1-13(17-11-8-15-9-12-17)7-10-16(2)14-5-3-4-6-14/h13-15H,3-12H2,1-2H3. The Morgan fingerprint density at radius 1 is 1.24 bits per heavy atom. The van der Waals surface area contributed by atoms with Crippen LogP contribution in [0.3, 0.4) is 0 Å². The quantitative estimate of drug-likeness (QED) is 0.785. The number of rotatable bonds is 5. The summed E-state index contributed by atoms with van der Waals surface area (Å²) in [5.41, 5.74) is 0. The largest absolute Gasteiger partial charge is 0.314 e. The second-order valence-electron chi connectivity index (χ2n) is 5.84. The van der Waals surface area contributed by atoms with Crippen molar-refractivity contribution >= 4 is 0 Å². The van der Waals surface area contributed by atoms with E-state index in [1.54, 1.807) is 0 Å². The molecule has 100 valence electrons. The van der Waals surface area contributed by atoms with Gasteiger partial charge in [-0.05, 0) is 39.8 Å². The summed E-state index contributed by atoms with van der Waals surface area (Å²) in [5, 5.41) is 3.43. The van der Waals surface area contributed by atoms with Crippen LogP contribution in [0, 0.1) is 0 Å². The lowest BCUT2D eigenvalue weighted by Crippen LogP contribution is -2.48. The topological polar surface area (TPSA) is 18.5 Å². The summed E-state index contributed by atoms with van der Waals surface area (Å²) in [6, 6.07) is 1.63. The molecule has 17 heavy (non-hydrogen) atoms. The molecule has 2 aliphatic rings. The van der Waals surface area contributed by atoms with Gasteiger partial charge in [-0.15, -0.1) is 0 Å². The fourth-order valence-electron chi connectivity index (χ4n) is 3.22. The van der Waals surface area contributed by atoms with Crippen molar-refractivity contribution in [2.75, 3.05) is 39.8 Å². The van der Waals surface area contributed by atoms with Crippen molar-refractivity contribution in [3.8, 4) is 0 Å². The van der Waals surface area contributed by atoms with Crippen LogP contribution in [0.1, 0.15) is 39.0 Å². The first-order valence-electron chi connectivity index (χ1n) is 7.42. The van der Waals surface area contributed by atoms with Crippen LogP contribution in [-0.2, 0) is 0 Å². The van der Waals surface area contributed by atoms with Crippen LogP contribution in [-0.4, -0.2) is 61.7 Å². The highest BCUT2D eigenvalue weighted by molar-refractivity contribution is 4.78. The summed E-state index contributed by atoms with van der Waals surface area (Å²) in [4.78, 5) is 5.24. The molecule has 0 aromatic carbocycles. The normalized spacial score (nSPS) is 25.6. The maximum atomic E-state index is 3.43. The van der Waals surface area contributed by atoms with Crippen LogP contribution in [0.4, 0.5) is 0 Å². The van der Waals surface area contributed by atoms with Gasteiger partial charge < -0.3 is 10.2 Å². The molecule has 0 amide bonds. The molecule has 3 heteroatoms. The Bertz CT molecular complexity index is 208. The molecule has 2 rings (SSSR count). The van der Waals surface area contributed by atoms with Crippen LogP contribution in [0.5, 0.6) is 0 Å². The first-order chi connectivity index (χ1) is 8.27. The first-order valence-corrected chi connectivity index (χ1v) is 7.42. The molecule has 1 heterocycles. The molecule has 1 saturated carbocycles. The Morgan fingerprint density at radius 2 is 1.88 bits per heavy atom. The molecule has 0 bridgehead atoms. The molecule has 1 atom stereocenters. The van der Waals surface area contributed by atoms with Crippen LogP contribution >= 0.6 is 0 Å². The van der Waals surface area contributed by atoms with Crippen LogP contribution in [0.15, 0.2) is 0 Å². The first kappa shape index (κ1) is 13.3. The van der Waals surface area contributed by atoms with Crippen molar-refractivity contribution in [2.24, 2.45) is 0 Å². The molecule has 2 fully saturated rings. The van der Waals surface area contributed by atoms with Crippen LogP contribution < -0.4 is 5.32 Å². The molecule has 0 aromatic rings. The minimum atomic E-state index is 0.751. The van der Waals surface area contributed by atoms with Gasteiger partial charge in [0, 0.05) is 38.3 Å². The van der Waals surface area contributed by atoms with E-state index in [1.807, 2.05) is 0 Å². The van der Waals surface area contributed by atoms with Gasteiger partial charge in [0.15, 0.2) is 0 Å². The second kappa shape index (κ2) is 6.72. The summed E-state index contributed by atoms with van der Waals surface area (Å²) < 4.78 is 0. The Labute approximate surface area is 107 Å². The van der Waals surface area contributed by atoms with Gasteiger partial charge in [-0.3, -0.25) is 4.90 Å². The van der Waals surface area contributed by atoms with E-state index < -0.39 is 0 Å².